The van der Waals surface area contributed by atoms with Crippen molar-refractivity contribution in [2.45, 2.75) is 51.6 Å². The maximum absolute atomic E-state index is 14.7. The van der Waals surface area contributed by atoms with Crippen molar-refractivity contribution < 1.29 is 40.2 Å². The van der Waals surface area contributed by atoms with E-state index in [0.29, 0.717) is 36.0 Å². The normalized spacial score (nSPS) is 18.2. The van der Waals surface area contributed by atoms with Crippen molar-refractivity contribution in [3.05, 3.63) is 83.2 Å². The molecule has 0 bridgehead atoms. The summed E-state index contributed by atoms with van der Waals surface area (Å²) in [6.07, 6.45) is 2.39. The number of halogens is 7. The van der Waals surface area contributed by atoms with E-state index in [2.05, 4.69) is 11.7 Å². The largest absolute Gasteiger partial charge is 0.493 e. The lowest BCUT2D eigenvalue weighted by Gasteiger charge is -2.20. The van der Waals surface area contributed by atoms with Crippen LogP contribution in [0.2, 0.25) is 0 Å². The molecule has 1 saturated carbocycles. The number of hydrogen-bond donors (Lipinski definition) is 0. The van der Waals surface area contributed by atoms with Crippen LogP contribution in [0, 0.1) is 40.9 Å². The molecule has 0 amide bonds. The van der Waals surface area contributed by atoms with E-state index in [9.17, 15) is 30.7 Å². The molecular formula is C29H27F7O2. The van der Waals surface area contributed by atoms with Crippen molar-refractivity contribution in [1.29, 1.82) is 0 Å². The van der Waals surface area contributed by atoms with Crippen LogP contribution in [0.15, 0.2) is 48.5 Å². The molecule has 2 nitrogen and oxygen atoms in total. The second-order valence-electron chi connectivity index (χ2n) is 9.62. The number of hydrogen-bond acceptors (Lipinski definition) is 2. The van der Waals surface area contributed by atoms with E-state index in [1.54, 1.807) is 24.3 Å². The number of benzene rings is 3. The molecule has 0 aliphatic heterocycles. The van der Waals surface area contributed by atoms with Crippen molar-refractivity contribution in [2.75, 3.05) is 6.61 Å². The highest BCUT2D eigenvalue weighted by molar-refractivity contribution is 5.65. The summed E-state index contributed by atoms with van der Waals surface area (Å²) in [4.78, 5) is 0. The number of ether oxygens (including phenoxy) is 2. The summed E-state index contributed by atoms with van der Waals surface area (Å²) in [5, 5.41) is 0. The van der Waals surface area contributed by atoms with E-state index in [4.69, 9.17) is 4.74 Å². The van der Waals surface area contributed by atoms with Crippen molar-refractivity contribution >= 4 is 0 Å². The molecule has 0 N–H and O–H groups in total. The molecule has 0 saturated heterocycles. The predicted molar refractivity (Wildman–Crippen MR) is 128 cm³/mol. The molecule has 1 aliphatic rings. The second kappa shape index (κ2) is 11.7. The minimum Gasteiger partial charge on any atom is -0.493 e. The summed E-state index contributed by atoms with van der Waals surface area (Å²) < 4.78 is 108. The molecule has 1 aliphatic carbocycles. The lowest BCUT2D eigenvalue weighted by atomic mass is 9.96. The quantitative estimate of drug-likeness (QED) is 0.161. The van der Waals surface area contributed by atoms with Gasteiger partial charge in [0.15, 0.2) is 17.5 Å². The predicted octanol–water partition coefficient (Wildman–Crippen LogP) is 9.16. The van der Waals surface area contributed by atoms with Gasteiger partial charge in [-0.25, -0.2) is 22.0 Å². The molecule has 3 aromatic carbocycles. The molecule has 0 aromatic heterocycles. The fraction of sp³-hybridized carbons (Fsp3) is 0.379. The molecule has 3 aromatic rings. The SMILES string of the molecule is CCC1CCCC(COc2ccc(-c3cc(F)c(C(F)(F)Oc4cc(F)c(F)c(F)c4)c(F)c3)cc2)CC1. The Hall–Kier alpha value is -3.23. The summed E-state index contributed by atoms with van der Waals surface area (Å²) in [6, 6.07) is 8.10. The van der Waals surface area contributed by atoms with E-state index >= 15 is 0 Å². The van der Waals surface area contributed by atoms with E-state index in [0.717, 1.165) is 18.8 Å². The Morgan fingerprint density at radius 2 is 1.29 bits per heavy atom. The summed E-state index contributed by atoms with van der Waals surface area (Å²) in [5.41, 5.74) is -1.41. The monoisotopic (exact) mass is 540 g/mol. The molecule has 0 spiro atoms. The van der Waals surface area contributed by atoms with Gasteiger partial charge in [-0.15, -0.1) is 0 Å². The topological polar surface area (TPSA) is 18.5 Å². The first kappa shape index (κ1) is 27.8. The van der Waals surface area contributed by atoms with E-state index < -0.39 is 46.5 Å². The van der Waals surface area contributed by atoms with Gasteiger partial charge in [-0.1, -0.05) is 44.7 Å². The van der Waals surface area contributed by atoms with Crippen molar-refractivity contribution in [3.63, 3.8) is 0 Å². The Labute approximate surface area is 216 Å². The van der Waals surface area contributed by atoms with Crippen LogP contribution in [0.1, 0.15) is 51.0 Å². The van der Waals surface area contributed by atoms with Gasteiger partial charge in [-0.05, 0) is 60.1 Å². The van der Waals surface area contributed by atoms with Crippen molar-refractivity contribution in [1.82, 2.24) is 0 Å². The van der Waals surface area contributed by atoms with Crippen molar-refractivity contribution in [2.24, 2.45) is 11.8 Å². The molecule has 4 rings (SSSR count). The molecule has 0 heterocycles. The first-order chi connectivity index (χ1) is 18.1. The molecule has 0 radical (unpaired) electrons. The van der Waals surface area contributed by atoms with Gasteiger partial charge in [-0.2, -0.15) is 8.78 Å². The first-order valence-corrected chi connectivity index (χ1v) is 12.5. The average molecular weight is 541 g/mol. The van der Waals surface area contributed by atoms with E-state index in [-0.39, 0.29) is 17.7 Å². The zero-order chi connectivity index (χ0) is 27.4. The fourth-order valence-corrected chi connectivity index (χ4v) is 4.80. The minimum atomic E-state index is -4.64. The van der Waals surface area contributed by atoms with Gasteiger partial charge in [0.25, 0.3) is 0 Å². The van der Waals surface area contributed by atoms with Crippen LogP contribution in [-0.4, -0.2) is 6.61 Å². The van der Waals surface area contributed by atoms with Gasteiger partial charge >= 0.3 is 6.11 Å². The maximum atomic E-state index is 14.7. The van der Waals surface area contributed by atoms with Crippen LogP contribution in [0.5, 0.6) is 11.5 Å². The van der Waals surface area contributed by atoms with Gasteiger partial charge in [0.05, 0.1) is 6.61 Å². The van der Waals surface area contributed by atoms with E-state index in [1.165, 1.54) is 25.7 Å². The van der Waals surface area contributed by atoms with Gasteiger partial charge in [0.1, 0.15) is 28.7 Å². The van der Waals surface area contributed by atoms with Gasteiger partial charge in [0, 0.05) is 12.1 Å². The third-order valence-corrected chi connectivity index (χ3v) is 7.00. The summed E-state index contributed by atoms with van der Waals surface area (Å²) in [7, 11) is 0. The Morgan fingerprint density at radius 3 is 1.89 bits per heavy atom. The van der Waals surface area contributed by atoms with Crippen LogP contribution < -0.4 is 9.47 Å². The van der Waals surface area contributed by atoms with Crippen LogP contribution in [0.4, 0.5) is 30.7 Å². The molecule has 2 atom stereocenters. The summed E-state index contributed by atoms with van der Waals surface area (Å²) >= 11 is 0. The third-order valence-electron chi connectivity index (χ3n) is 7.00. The zero-order valence-electron chi connectivity index (χ0n) is 20.7. The average Bonchev–Trinajstić information content (AvgIpc) is 3.10. The summed E-state index contributed by atoms with van der Waals surface area (Å²) in [6.45, 7) is 2.79. The molecule has 204 valence electrons. The lowest BCUT2D eigenvalue weighted by molar-refractivity contribution is -0.189. The highest BCUT2D eigenvalue weighted by Gasteiger charge is 2.41. The Bertz CT molecular complexity index is 1210. The van der Waals surface area contributed by atoms with Crippen LogP contribution >= 0.6 is 0 Å². The Morgan fingerprint density at radius 1 is 0.711 bits per heavy atom. The maximum Gasteiger partial charge on any atom is 0.432 e. The smallest absolute Gasteiger partial charge is 0.432 e. The Kier molecular flexibility index (Phi) is 8.53. The highest BCUT2D eigenvalue weighted by Crippen LogP contribution is 2.38. The molecule has 2 unspecified atom stereocenters. The fourth-order valence-electron chi connectivity index (χ4n) is 4.80. The van der Waals surface area contributed by atoms with Crippen molar-refractivity contribution in [3.8, 4) is 22.6 Å². The summed E-state index contributed by atoms with van der Waals surface area (Å²) in [5.74, 6) is -8.06. The molecule has 9 heteroatoms. The zero-order valence-corrected chi connectivity index (χ0v) is 20.7. The van der Waals surface area contributed by atoms with Crippen LogP contribution in [-0.2, 0) is 6.11 Å². The van der Waals surface area contributed by atoms with Gasteiger partial charge < -0.3 is 9.47 Å². The number of rotatable bonds is 8. The number of alkyl halides is 2. The first-order valence-electron chi connectivity index (χ1n) is 12.5. The minimum absolute atomic E-state index is 0.0145. The van der Waals surface area contributed by atoms with E-state index in [1.807, 2.05) is 0 Å². The van der Waals surface area contributed by atoms with Gasteiger partial charge in [-0.3, -0.25) is 0 Å². The molecule has 1 fully saturated rings. The van der Waals surface area contributed by atoms with Gasteiger partial charge in [0.2, 0.25) is 0 Å². The standard InChI is InChI=1S/C29H27F7O2/c1-2-17-4-3-5-18(7-6-17)16-37-21-10-8-19(9-11-21)20-12-23(30)27(24(31)13-20)29(35,36)38-22-14-25(32)28(34)26(33)15-22/h8-15,17-18H,2-7,16H2,1H3. The lowest BCUT2D eigenvalue weighted by Crippen LogP contribution is -2.25. The second-order valence-corrected chi connectivity index (χ2v) is 9.62. The Balaban J connectivity index is 1.45. The van der Waals surface area contributed by atoms with Crippen LogP contribution in [0.25, 0.3) is 11.1 Å². The van der Waals surface area contributed by atoms with Crippen LogP contribution in [0.3, 0.4) is 0 Å². The molecule has 38 heavy (non-hydrogen) atoms. The third kappa shape index (κ3) is 6.42. The molecular weight excluding hydrogens is 513 g/mol. The highest BCUT2D eigenvalue weighted by atomic mass is 19.3.